The monoisotopic (exact) mass is 1600 g/mol. The number of ether oxygens (including phenoxy) is 4. The van der Waals surface area contributed by atoms with E-state index < -0.39 is 79.3 Å². The molecule has 5 aromatic carbocycles. The number of anilines is 3. The molecule has 0 bridgehead atoms. The predicted octanol–water partition coefficient (Wildman–Crippen LogP) is 13.0. The number of allylic oxidation sites excluding steroid dienone is 1. The smallest absolute Gasteiger partial charge is 0.416 e. The maximum absolute atomic E-state index is 14.0. The standard InChI is InChI=1S/C47H50ClF3N6O7S.C12H17N3O5S.C6H5ClN2O4S.C6H13NO/c1-46(2)14-12-31(39(25-46)37-9-6-32(22-40(37)48)47(49,50)51)28-55-16-18-56(19-17-55)33-7-10-38(44(23-33)64-35-21-30-13-15-52-45(30)54-27-35)43(58)29-65(61,62)36-8-11-41(42(24-36)57(59)60)53-26-34-5-3-4-20-63-34;13-21(18,19)10-4-5-11(12(7-10)15(16)17)14-8-9-3-1-2-6-20-9;7-5-2-1-4(14(8,12)13)3-6(5)9(10)11;7-5-6-3-1-2-4-8-6/h6-11,13,15,21-24,27,34,53H,3-5,12,14,16-20,25-26,28-29H2,1-2H3,(H,52,54);4-5,7,9,14H,1-3,6,8H2,(H2,13,18,19);1-3H,(H2,8,12,13);6H,1-5,7H2. The summed E-state index contributed by atoms with van der Waals surface area (Å²) in [5.74, 6) is -1.30. The zero-order chi connectivity index (χ0) is 78.3. The third kappa shape index (κ3) is 23.3. The number of H-pyrrole nitrogens is 1. The summed E-state index contributed by atoms with van der Waals surface area (Å²) in [6.45, 7) is 11.2. The van der Waals surface area contributed by atoms with Crippen LogP contribution in [-0.4, -0.2) is 157 Å². The number of ketones is 1. The number of sulfonamides is 2. The predicted molar refractivity (Wildman–Crippen MR) is 403 cm³/mol. The fourth-order valence-electron chi connectivity index (χ4n) is 12.8. The number of pyridine rings is 1. The van der Waals surface area contributed by atoms with Gasteiger partial charge >= 0.3 is 6.18 Å². The van der Waals surface area contributed by atoms with Gasteiger partial charge in [-0.3, -0.25) is 40.0 Å². The molecule has 4 aliphatic heterocycles. The van der Waals surface area contributed by atoms with Crippen LogP contribution in [0.3, 0.4) is 0 Å². The molecule has 3 atom stereocenters. The average Bonchev–Trinajstić information content (AvgIpc) is 0.925. The number of piperazine rings is 1. The lowest BCUT2D eigenvalue weighted by Gasteiger charge is -2.39. The van der Waals surface area contributed by atoms with Crippen molar-refractivity contribution in [1.82, 2.24) is 14.9 Å². The van der Waals surface area contributed by atoms with E-state index in [1.807, 2.05) is 6.07 Å². The van der Waals surface area contributed by atoms with Crippen LogP contribution in [0.2, 0.25) is 10.0 Å². The number of rotatable bonds is 22. The van der Waals surface area contributed by atoms with E-state index in [4.69, 9.17) is 58.2 Å². The first kappa shape index (κ1) is 83.6. The Morgan fingerprint density at radius 1 is 0.685 bits per heavy atom. The van der Waals surface area contributed by atoms with Crippen molar-refractivity contribution in [3.63, 3.8) is 0 Å². The van der Waals surface area contributed by atoms with Gasteiger partial charge in [-0.2, -0.15) is 13.2 Å². The number of nitro benzene ring substituents is 3. The molecule has 4 saturated heterocycles. The molecule has 584 valence electrons. The number of nitro groups is 3. The van der Waals surface area contributed by atoms with Crippen LogP contribution in [0.4, 0.5) is 47.3 Å². The Morgan fingerprint density at radius 2 is 1.23 bits per heavy atom. The van der Waals surface area contributed by atoms with Gasteiger partial charge in [0.15, 0.2) is 15.6 Å². The van der Waals surface area contributed by atoms with Gasteiger partial charge < -0.3 is 45.2 Å². The average molecular weight is 1600 g/mol. The summed E-state index contributed by atoms with van der Waals surface area (Å²) in [6.07, 6.45) is 10.8. The Kier molecular flexibility index (Phi) is 28.5. The summed E-state index contributed by atoms with van der Waals surface area (Å²) in [6, 6.07) is 22.3. The number of halogens is 5. The van der Waals surface area contributed by atoms with Crippen molar-refractivity contribution in [3.05, 3.63) is 178 Å². The van der Waals surface area contributed by atoms with Crippen molar-refractivity contribution in [2.45, 2.75) is 130 Å². The molecule has 3 unspecified atom stereocenters. The van der Waals surface area contributed by atoms with E-state index in [0.717, 1.165) is 129 Å². The Morgan fingerprint density at radius 3 is 1.75 bits per heavy atom. The number of Topliss-reactive ketones (excluding diaryl/α,β-unsaturated/α-hetero) is 1. The number of nitrogens with one attached hydrogen (secondary N) is 3. The minimum absolute atomic E-state index is 0.00649. The molecule has 29 nitrogen and oxygen atoms in total. The lowest BCUT2D eigenvalue weighted by Crippen LogP contribution is -2.47. The van der Waals surface area contributed by atoms with Gasteiger partial charge in [0.1, 0.15) is 39.3 Å². The summed E-state index contributed by atoms with van der Waals surface area (Å²) in [5.41, 5.74) is 7.88. The quantitative estimate of drug-likeness (QED) is 0.0208. The molecule has 7 aromatic rings. The Hall–Kier alpha value is -8.46. The van der Waals surface area contributed by atoms with Gasteiger partial charge in [-0.25, -0.2) is 40.5 Å². The number of carbonyl (C=O) groups excluding carboxylic acids is 1. The molecule has 108 heavy (non-hydrogen) atoms. The third-order valence-corrected chi connectivity index (χ3v) is 22.8. The van der Waals surface area contributed by atoms with Gasteiger partial charge in [-0.15, -0.1) is 0 Å². The highest BCUT2D eigenvalue weighted by Gasteiger charge is 2.35. The lowest BCUT2D eigenvalue weighted by molar-refractivity contribution is -0.385. The molecule has 6 heterocycles. The number of benzene rings is 5. The van der Waals surface area contributed by atoms with Crippen LogP contribution in [0.1, 0.15) is 112 Å². The molecule has 12 rings (SSSR count). The van der Waals surface area contributed by atoms with Crippen LogP contribution in [0, 0.1) is 35.8 Å². The lowest BCUT2D eigenvalue weighted by atomic mass is 9.72. The number of hydrogen-bond donors (Lipinski definition) is 6. The SMILES string of the molecule is CC1(C)CCC(CN2CCN(c3ccc(C(=O)CS(=O)(=O)c4ccc(NCC5CCCCO5)c([N+](=O)[O-])c4)c(Oc4cnc5[nH]ccc5c4)c3)CC2)=C(c2ccc(C(F)(F)F)cc2Cl)C1.NCC1CCCCO1.NS(=O)(=O)c1ccc(Cl)c([N+](=O)[O-])c1.NS(=O)(=O)c1ccc(NCC2CCCCO2)c([N+](=O)[O-])c1. The zero-order valence-electron chi connectivity index (χ0n) is 59.1. The second-order valence-electron chi connectivity index (χ2n) is 27.2. The number of hydrogen-bond acceptors (Lipinski definition) is 23. The number of primary sulfonamides is 2. The summed E-state index contributed by atoms with van der Waals surface area (Å²) in [4.78, 5) is 56.4. The number of aromatic nitrogens is 2. The molecular formula is C71H85Cl2F3N12O17S3. The first-order chi connectivity index (χ1) is 51.0. The van der Waals surface area contributed by atoms with E-state index >= 15 is 0 Å². The molecule has 0 spiro atoms. The van der Waals surface area contributed by atoms with Crippen molar-refractivity contribution in [3.8, 4) is 11.5 Å². The molecule has 0 amide bonds. The first-order valence-electron chi connectivity index (χ1n) is 34.7. The molecular weight excluding hydrogens is 1520 g/mol. The van der Waals surface area contributed by atoms with Gasteiger partial charge in [-0.05, 0) is 166 Å². The number of aromatic amines is 1. The highest BCUT2D eigenvalue weighted by atomic mass is 35.5. The van der Waals surface area contributed by atoms with Crippen LogP contribution in [0.15, 0.2) is 136 Å². The third-order valence-electron chi connectivity index (χ3n) is 18.7. The largest absolute Gasteiger partial charge is 0.455 e. The second-order valence-corrected chi connectivity index (χ2v) is 33.2. The highest BCUT2D eigenvalue weighted by molar-refractivity contribution is 7.92. The van der Waals surface area contributed by atoms with Gasteiger partial charge in [0, 0.05) is 119 Å². The second kappa shape index (κ2) is 36.8. The molecule has 5 aliphatic rings. The van der Waals surface area contributed by atoms with E-state index in [2.05, 4.69) is 44.2 Å². The van der Waals surface area contributed by atoms with Gasteiger partial charge in [0.05, 0.1) is 65.1 Å². The normalized spacial score (nSPS) is 18.6. The zero-order valence-corrected chi connectivity index (χ0v) is 63.1. The van der Waals surface area contributed by atoms with Crippen molar-refractivity contribution in [1.29, 1.82) is 0 Å². The molecule has 4 fully saturated rings. The molecule has 1 aliphatic carbocycles. The number of fused-ring (bicyclic) bond motifs is 1. The minimum atomic E-state index is -4.49. The number of nitrogens with two attached hydrogens (primary N) is 3. The Bertz CT molecular complexity index is 4780. The molecule has 37 heteroatoms. The summed E-state index contributed by atoms with van der Waals surface area (Å²) >= 11 is 12.0. The molecule has 2 aromatic heterocycles. The van der Waals surface area contributed by atoms with Crippen molar-refractivity contribution >= 4 is 110 Å². The van der Waals surface area contributed by atoms with E-state index in [0.29, 0.717) is 95.1 Å². The Balaban J connectivity index is 0.000000250. The molecule has 9 N–H and O–H groups in total. The number of carbonyl (C=O) groups is 1. The molecule has 0 saturated carbocycles. The number of nitrogens with zero attached hydrogens (tertiary/aromatic N) is 6. The molecule has 0 radical (unpaired) electrons. The Labute approximate surface area is 632 Å². The van der Waals surface area contributed by atoms with Gasteiger partial charge in [0.2, 0.25) is 20.0 Å². The van der Waals surface area contributed by atoms with Crippen LogP contribution in [0.5, 0.6) is 11.5 Å². The van der Waals surface area contributed by atoms with Crippen molar-refractivity contribution in [2.24, 2.45) is 21.4 Å². The highest BCUT2D eigenvalue weighted by Crippen LogP contribution is 2.46. The maximum atomic E-state index is 14.0. The maximum Gasteiger partial charge on any atom is 0.416 e. The van der Waals surface area contributed by atoms with E-state index in [1.165, 1.54) is 55.4 Å². The summed E-state index contributed by atoms with van der Waals surface area (Å²) < 4.78 is 135. The van der Waals surface area contributed by atoms with E-state index in [-0.39, 0.29) is 70.7 Å². The van der Waals surface area contributed by atoms with Crippen LogP contribution < -0.4 is 36.3 Å². The fraction of sp³-hybridized carbons (Fsp3) is 0.437. The van der Waals surface area contributed by atoms with Gasteiger partial charge in [0.25, 0.3) is 17.1 Å². The summed E-state index contributed by atoms with van der Waals surface area (Å²) in [5, 5.41) is 50.0. The summed E-state index contributed by atoms with van der Waals surface area (Å²) in [7, 11) is -12.3. The topological polar surface area (TPSA) is 423 Å². The van der Waals surface area contributed by atoms with Gasteiger partial charge in [-0.1, -0.05) is 48.7 Å². The van der Waals surface area contributed by atoms with Crippen LogP contribution in [-0.2, 0) is 50.3 Å². The van der Waals surface area contributed by atoms with Crippen molar-refractivity contribution in [2.75, 3.05) is 93.5 Å². The number of sulfone groups is 1. The van der Waals surface area contributed by atoms with Crippen LogP contribution >= 0.6 is 23.2 Å². The van der Waals surface area contributed by atoms with E-state index in [1.54, 1.807) is 24.4 Å². The minimum Gasteiger partial charge on any atom is -0.455 e. The number of alkyl halides is 3. The fourth-order valence-corrected chi connectivity index (χ4v) is 15.6. The first-order valence-corrected chi connectivity index (χ1v) is 40.2. The van der Waals surface area contributed by atoms with Crippen molar-refractivity contribution < 1.29 is 76.9 Å². The van der Waals surface area contributed by atoms with Crippen LogP contribution in [0.25, 0.3) is 16.6 Å². The van der Waals surface area contributed by atoms with E-state index in [9.17, 15) is 73.6 Å².